The average Bonchev–Trinajstić information content (AvgIpc) is 3.57. The summed E-state index contributed by atoms with van der Waals surface area (Å²) in [6.07, 6.45) is 1.38. The van der Waals surface area contributed by atoms with Gasteiger partial charge in [-0.3, -0.25) is 19.7 Å². The molecule has 4 aliphatic rings. The summed E-state index contributed by atoms with van der Waals surface area (Å²) >= 11 is 0. The zero-order chi connectivity index (χ0) is 39.6. The molecule has 0 unspecified atom stereocenters. The number of carbonyl (C=O) groups excluding carboxylic acids is 4. The van der Waals surface area contributed by atoms with Gasteiger partial charge in [0.2, 0.25) is 11.8 Å². The maximum Gasteiger partial charge on any atom is 0.488 e. The van der Waals surface area contributed by atoms with E-state index in [2.05, 4.69) is 58.4 Å². The van der Waals surface area contributed by atoms with Gasteiger partial charge in [0.25, 0.3) is 5.91 Å². The number of hydrogen-bond donors (Lipinski definition) is 3. The van der Waals surface area contributed by atoms with Crippen molar-refractivity contribution in [2.75, 3.05) is 62.2 Å². The first-order valence-corrected chi connectivity index (χ1v) is 19.8. The smallest absolute Gasteiger partial charge is 0.423 e. The van der Waals surface area contributed by atoms with Crippen molar-refractivity contribution in [2.24, 2.45) is 0 Å². The monoisotopic (exact) mass is 766 g/mol. The van der Waals surface area contributed by atoms with Gasteiger partial charge in [0, 0.05) is 82.3 Å². The molecule has 0 spiro atoms. The lowest BCUT2D eigenvalue weighted by Crippen LogP contribution is -2.57. The van der Waals surface area contributed by atoms with E-state index in [9.17, 15) is 29.2 Å². The topological polar surface area (TPSA) is 137 Å². The average molecular weight is 767 g/mol. The van der Waals surface area contributed by atoms with Crippen LogP contribution in [0.1, 0.15) is 58.8 Å². The molecule has 3 fully saturated rings. The van der Waals surface area contributed by atoms with Gasteiger partial charge in [-0.25, -0.2) is 4.79 Å². The van der Waals surface area contributed by atoms with Crippen LogP contribution in [0.4, 0.5) is 16.2 Å². The third kappa shape index (κ3) is 7.77. The van der Waals surface area contributed by atoms with Crippen molar-refractivity contribution in [3.05, 3.63) is 125 Å². The minimum atomic E-state index is -1.52. The van der Waals surface area contributed by atoms with Crippen molar-refractivity contribution in [1.29, 1.82) is 0 Å². The molecule has 0 radical (unpaired) electrons. The highest BCUT2D eigenvalue weighted by Gasteiger charge is 2.39. The van der Waals surface area contributed by atoms with Crippen LogP contribution in [0.2, 0.25) is 0 Å². The van der Waals surface area contributed by atoms with Crippen LogP contribution in [-0.2, 0) is 16.1 Å². The molecule has 4 aliphatic heterocycles. The minimum absolute atomic E-state index is 0.0617. The Bertz CT molecular complexity index is 2180. The molecule has 4 heterocycles. The summed E-state index contributed by atoms with van der Waals surface area (Å²) in [5.74, 6) is -0.897. The van der Waals surface area contributed by atoms with Crippen molar-refractivity contribution in [3.8, 4) is 0 Å². The fourth-order valence-corrected chi connectivity index (χ4v) is 8.61. The lowest BCUT2D eigenvalue weighted by molar-refractivity contribution is -0.136. The Morgan fingerprint density at radius 2 is 1.30 bits per heavy atom. The number of rotatable bonds is 8. The van der Waals surface area contributed by atoms with E-state index in [-0.39, 0.29) is 24.3 Å². The Kier molecular flexibility index (Phi) is 10.9. The van der Waals surface area contributed by atoms with Gasteiger partial charge >= 0.3 is 13.1 Å². The maximum atomic E-state index is 13.7. The number of fused-ring (bicyclic) bond motifs is 1. The molecule has 292 valence electrons. The third-order valence-corrected chi connectivity index (χ3v) is 11.8. The number of carbonyl (C=O) groups is 4. The van der Waals surface area contributed by atoms with Crippen molar-refractivity contribution < 1.29 is 29.2 Å². The Hall–Kier alpha value is -5.92. The molecule has 5 amide bonds. The van der Waals surface area contributed by atoms with E-state index in [1.54, 1.807) is 17.0 Å². The lowest BCUT2D eigenvalue weighted by Gasteiger charge is -2.41. The Balaban J connectivity index is 0.876. The molecule has 57 heavy (non-hydrogen) atoms. The van der Waals surface area contributed by atoms with E-state index >= 15 is 0 Å². The number of imide groups is 1. The predicted molar refractivity (Wildman–Crippen MR) is 221 cm³/mol. The predicted octanol–water partition coefficient (Wildman–Crippen LogP) is 3.56. The number of nitrogens with zero attached hydrogens (tertiary/aromatic N) is 5. The van der Waals surface area contributed by atoms with Crippen LogP contribution in [-0.4, -0.2) is 114 Å². The fourth-order valence-electron chi connectivity index (χ4n) is 8.61. The summed E-state index contributed by atoms with van der Waals surface area (Å²) in [6, 6.07) is 31.6. The molecule has 4 aromatic rings. The van der Waals surface area contributed by atoms with E-state index in [1.807, 2.05) is 58.3 Å². The first kappa shape index (κ1) is 38.0. The summed E-state index contributed by atoms with van der Waals surface area (Å²) in [5, 5.41) is 21.7. The standard InChI is InChI=1S/C44H47BN6O6/c1-2-37(30-6-4-3-5-7-30)41(31-8-12-34(13-9-31)45(56)57)32-10-14-35(15-11-32)47-20-24-49(25-21-47)44(55)50-26-22-48(23-27-50)36-16-17-38-33(28-36)29-51(43(38)54)39-18-19-40(52)46-42(39)53/h3-17,28,39,56-57H,2,18-27,29H2,1H3,(H,46,52,53)/b41-37+/t39-/m0/s1. The van der Waals surface area contributed by atoms with Gasteiger partial charge < -0.3 is 34.5 Å². The largest absolute Gasteiger partial charge is 0.488 e. The van der Waals surface area contributed by atoms with E-state index in [1.165, 1.54) is 5.57 Å². The highest BCUT2D eigenvalue weighted by atomic mass is 16.4. The summed E-state index contributed by atoms with van der Waals surface area (Å²) in [4.78, 5) is 60.9. The molecular weight excluding hydrogens is 719 g/mol. The van der Waals surface area contributed by atoms with Crippen molar-refractivity contribution in [2.45, 2.75) is 38.8 Å². The van der Waals surface area contributed by atoms with E-state index < -0.39 is 19.1 Å². The minimum Gasteiger partial charge on any atom is -0.423 e. The van der Waals surface area contributed by atoms with Crippen LogP contribution in [0.3, 0.4) is 0 Å². The van der Waals surface area contributed by atoms with Gasteiger partial charge in [0.1, 0.15) is 6.04 Å². The van der Waals surface area contributed by atoms with Crippen LogP contribution < -0.4 is 20.6 Å². The summed E-state index contributed by atoms with van der Waals surface area (Å²) in [6.45, 7) is 7.76. The zero-order valence-corrected chi connectivity index (χ0v) is 32.1. The number of urea groups is 1. The van der Waals surface area contributed by atoms with Crippen molar-refractivity contribution in [1.82, 2.24) is 20.0 Å². The number of piperidine rings is 1. The Morgan fingerprint density at radius 3 is 1.88 bits per heavy atom. The molecule has 3 N–H and O–H groups in total. The fraction of sp³-hybridized carbons (Fsp3) is 0.318. The molecule has 8 rings (SSSR count). The van der Waals surface area contributed by atoms with Gasteiger partial charge in [-0.1, -0.05) is 73.7 Å². The highest BCUT2D eigenvalue weighted by Crippen LogP contribution is 2.35. The van der Waals surface area contributed by atoms with Crippen LogP contribution in [0.15, 0.2) is 97.1 Å². The first-order valence-electron chi connectivity index (χ1n) is 19.8. The van der Waals surface area contributed by atoms with Crippen molar-refractivity contribution in [3.63, 3.8) is 0 Å². The van der Waals surface area contributed by atoms with Gasteiger partial charge in [0.05, 0.1) is 0 Å². The highest BCUT2D eigenvalue weighted by molar-refractivity contribution is 6.58. The Morgan fingerprint density at radius 1 is 0.719 bits per heavy atom. The number of allylic oxidation sites excluding steroid dienone is 1. The molecule has 0 saturated carbocycles. The van der Waals surface area contributed by atoms with E-state index in [4.69, 9.17) is 0 Å². The number of hydrogen-bond acceptors (Lipinski definition) is 8. The van der Waals surface area contributed by atoms with Crippen LogP contribution in [0.25, 0.3) is 11.1 Å². The summed E-state index contributed by atoms with van der Waals surface area (Å²) < 4.78 is 0. The maximum absolute atomic E-state index is 13.7. The SMILES string of the molecule is CC/C(=C(/c1ccc(B(O)O)cc1)c1ccc(N2CCN(C(=O)N3CCN(c4ccc5c(c4)CN([C@H]4CCC(=O)NC4=O)C5=O)CC3)CC2)cc1)c1ccccc1. The molecule has 3 saturated heterocycles. The second-order valence-electron chi connectivity index (χ2n) is 15.1. The van der Waals surface area contributed by atoms with Gasteiger partial charge in [-0.15, -0.1) is 0 Å². The van der Waals surface area contributed by atoms with E-state index in [0.717, 1.165) is 58.7 Å². The van der Waals surface area contributed by atoms with Gasteiger partial charge in [-0.2, -0.15) is 0 Å². The number of amides is 5. The molecule has 0 aliphatic carbocycles. The zero-order valence-electron chi connectivity index (χ0n) is 32.1. The third-order valence-electron chi connectivity index (χ3n) is 11.8. The van der Waals surface area contributed by atoms with Crippen LogP contribution in [0, 0.1) is 0 Å². The number of anilines is 2. The molecule has 13 heteroatoms. The second kappa shape index (κ2) is 16.3. The van der Waals surface area contributed by atoms with Crippen molar-refractivity contribution >= 4 is 58.9 Å². The normalized spacial score (nSPS) is 19.0. The first-order chi connectivity index (χ1) is 27.7. The molecule has 1 atom stereocenters. The number of benzene rings is 4. The second-order valence-corrected chi connectivity index (χ2v) is 15.1. The molecule has 0 bridgehead atoms. The Labute approximate surface area is 333 Å². The number of piperazine rings is 2. The summed E-state index contributed by atoms with van der Waals surface area (Å²) in [5.41, 5.74) is 9.54. The summed E-state index contributed by atoms with van der Waals surface area (Å²) in [7, 11) is -1.52. The molecule has 4 aromatic carbocycles. The van der Waals surface area contributed by atoms with E-state index in [0.29, 0.717) is 63.3 Å². The number of nitrogens with one attached hydrogen (secondary N) is 1. The van der Waals surface area contributed by atoms with Crippen LogP contribution in [0.5, 0.6) is 0 Å². The quantitative estimate of drug-likeness (QED) is 0.141. The van der Waals surface area contributed by atoms with Gasteiger partial charge in [-0.05, 0) is 82.0 Å². The molecule has 12 nitrogen and oxygen atoms in total. The van der Waals surface area contributed by atoms with Gasteiger partial charge in [0.15, 0.2) is 0 Å². The van der Waals surface area contributed by atoms with Crippen LogP contribution >= 0.6 is 0 Å². The molecule has 0 aromatic heterocycles. The molecular formula is C44H47BN6O6. The lowest BCUT2D eigenvalue weighted by atomic mass is 9.79.